The van der Waals surface area contributed by atoms with E-state index in [1.165, 1.54) is 0 Å². The molecule has 0 amide bonds. The molecule has 0 saturated heterocycles. The van der Waals surface area contributed by atoms with Gasteiger partial charge in [0, 0.05) is 17.5 Å². The van der Waals surface area contributed by atoms with Gasteiger partial charge in [-0.15, -0.1) is 0 Å². The van der Waals surface area contributed by atoms with Crippen LogP contribution < -0.4 is 11.1 Å². The van der Waals surface area contributed by atoms with Crippen molar-refractivity contribution in [2.75, 3.05) is 11.1 Å². The Kier molecular flexibility index (Phi) is 4.20. The summed E-state index contributed by atoms with van der Waals surface area (Å²) in [5.74, 6) is 2.49. The van der Waals surface area contributed by atoms with Gasteiger partial charge in [-0.25, -0.2) is 9.97 Å². The van der Waals surface area contributed by atoms with Crippen LogP contribution in [0.4, 0.5) is 11.6 Å². The lowest BCUT2D eigenvalue weighted by atomic mass is 9.88. The summed E-state index contributed by atoms with van der Waals surface area (Å²) >= 11 is 0. The first kappa shape index (κ1) is 14.7. The third kappa shape index (κ3) is 3.34. The molecule has 0 aliphatic rings. The fraction of sp³-hybridized carbons (Fsp3) is 0.714. The lowest BCUT2D eigenvalue weighted by Gasteiger charge is -2.29. The number of aromatic nitrogens is 2. The normalized spacial score (nSPS) is 13.8. The Balaban J connectivity index is 3.08. The van der Waals surface area contributed by atoms with E-state index in [4.69, 9.17) is 5.73 Å². The fourth-order valence-electron chi connectivity index (χ4n) is 1.37. The predicted octanol–water partition coefficient (Wildman–Crippen LogP) is 3.34. The van der Waals surface area contributed by atoms with Crippen LogP contribution in [-0.4, -0.2) is 16.0 Å². The molecular weight excluding hydrogens is 224 g/mol. The van der Waals surface area contributed by atoms with E-state index in [-0.39, 0.29) is 11.3 Å². The molecule has 4 nitrogen and oxygen atoms in total. The van der Waals surface area contributed by atoms with Gasteiger partial charge in [0.2, 0.25) is 0 Å². The molecule has 0 spiro atoms. The van der Waals surface area contributed by atoms with Crippen molar-refractivity contribution in [3.63, 3.8) is 0 Å². The standard InChI is InChI=1S/C14H26N4/c1-8(2)12-17-11(15)9(3)13(18-12)16-10(4)14(5,6)7/h8,10H,1-7H3,(H3,15,16,17,18). The number of anilines is 2. The summed E-state index contributed by atoms with van der Waals surface area (Å²) in [4.78, 5) is 8.91. The zero-order valence-electron chi connectivity index (χ0n) is 12.6. The third-order valence-corrected chi connectivity index (χ3v) is 3.37. The Morgan fingerprint density at radius 1 is 1.11 bits per heavy atom. The van der Waals surface area contributed by atoms with E-state index >= 15 is 0 Å². The van der Waals surface area contributed by atoms with Crippen molar-refractivity contribution in [3.8, 4) is 0 Å². The second-order valence-electron chi connectivity index (χ2n) is 6.33. The minimum atomic E-state index is 0.171. The number of nitrogens with two attached hydrogens (primary N) is 1. The van der Waals surface area contributed by atoms with Gasteiger partial charge in [-0.05, 0) is 19.3 Å². The number of hydrogen-bond donors (Lipinski definition) is 2. The number of nitrogens with zero attached hydrogens (tertiary/aromatic N) is 2. The largest absolute Gasteiger partial charge is 0.383 e. The van der Waals surface area contributed by atoms with Crippen LogP contribution in [0.25, 0.3) is 0 Å². The van der Waals surface area contributed by atoms with Crippen LogP contribution in [0.15, 0.2) is 0 Å². The second-order valence-corrected chi connectivity index (χ2v) is 6.33. The Morgan fingerprint density at radius 3 is 2.11 bits per heavy atom. The fourth-order valence-corrected chi connectivity index (χ4v) is 1.37. The summed E-state index contributed by atoms with van der Waals surface area (Å²) in [5, 5.41) is 3.46. The van der Waals surface area contributed by atoms with Crippen LogP contribution in [0.5, 0.6) is 0 Å². The average molecular weight is 250 g/mol. The maximum absolute atomic E-state index is 5.95. The maximum atomic E-state index is 5.95. The molecule has 1 rings (SSSR count). The summed E-state index contributed by atoms with van der Waals surface area (Å²) < 4.78 is 0. The van der Waals surface area contributed by atoms with Gasteiger partial charge < -0.3 is 11.1 Å². The van der Waals surface area contributed by atoms with Gasteiger partial charge in [-0.2, -0.15) is 0 Å². The molecule has 0 aromatic carbocycles. The van der Waals surface area contributed by atoms with Gasteiger partial charge in [0.05, 0.1) is 0 Å². The lowest BCUT2D eigenvalue weighted by molar-refractivity contribution is 0.358. The molecule has 0 aliphatic carbocycles. The summed E-state index contributed by atoms with van der Waals surface area (Å²) in [6, 6.07) is 0.311. The first-order valence-corrected chi connectivity index (χ1v) is 6.53. The molecule has 1 heterocycles. The lowest BCUT2D eigenvalue weighted by Crippen LogP contribution is -2.31. The van der Waals surface area contributed by atoms with Gasteiger partial charge >= 0.3 is 0 Å². The molecule has 0 fully saturated rings. The van der Waals surface area contributed by atoms with Gasteiger partial charge in [-0.1, -0.05) is 34.6 Å². The van der Waals surface area contributed by atoms with E-state index in [1.807, 2.05) is 6.92 Å². The van der Waals surface area contributed by atoms with Gasteiger partial charge in [0.15, 0.2) is 0 Å². The summed E-state index contributed by atoms with van der Waals surface area (Å²) in [6.07, 6.45) is 0. The van der Waals surface area contributed by atoms with Crippen molar-refractivity contribution in [1.82, 2.24) is 9.97 Å². The number of hydrogen-bond acceptors (Lipinski definition) is 4. The Hall–Kier alpha value is -1.32. The second kappa shape index (κ2) is 5.12. The molecule has 1 atom stereocenters. The third-order valence-electron chi connectivity index (χ3n) is 3.37. The molecule has 0 radical (unpaired) electrons. The number of rotatable bonds is 3. The maximum Gasteiger partial charge on any atom is 0.135 e. The van der Waals surface area contributed by atoms with Gasteiger partial charge in [0.25, 0.3) is 0 Å². The van der Waals surface area contributed by atoms with E-state index in [2.05, 4.69) is 56.8 Å². The first-order chi connectivity index (χ1) is 8.12. The van der Waals surface area contributed by atoms with E-state index in [9.17, 15) is 0 Å². The van der Waals surface area contributed by atoms with Crippen LogP contribution in [-0.2, 0) is 0 Å². The zero-order valence-corrected chi connectivity index (χ0v) is 12.6. The van der Waals surface area contributed by atoms with Crippen molar-refractivity contribution >= 4 is 11.6 Å². The molecule has 1 aromatic rings. The average Bonchev–Trinajstić information content (AvgIpc) is 2.22. The molecule has 18 heavy (non-hydrogen) atoms. The highest BCUT2D eigenvalue weighted by Gasteiger charge is 2.21. The SMILES string of the molecule is Cc1c(N)nc(C(C)C)nc1NC(C)C(C)(C)C. The molecule has 3 N–H and O–H groups in total. The Morgan fingerprint density at radius 2 is 1.67 bits per heavy atom. The molecule has 4 heteroatoms. The number of nitrogens with one attached hydrogen (secondary N) is 1. The molecule has 1 aromatic heterocycles. The zero-order chi connectivity index (χ0) is 14.1. The van der Waals surface area contributed by atoms with Gasteiger partial charge in [-0.3, -0.25) is 0 Å². The van der Waals surface area contributed by atoms with Crippen molar-refractivity contribution in [3.05, 3.63) is 11.4 Å². The summed E-state index contributed by atoms with van der Waals surface area (Å²) in [6.45, 7) is 14.9. The van der Waals surface area contributed by atoms with E-state index in [1.54, 1.807) is 0 Å². The highest BCUT2D eigenvalue weighted by atomic mass is 15.1. The van der Waals surface area contributed by atoms with Crippen molar-refractivity contribution in [2.45, 2.75) is 60.4 Å². The molecule has 102 valence electrons. The highest BCUT2D eigenvalue weighted by Crippen LogP contribution is 2.26. The molecule has 0 aliphatic heterocycles. The Labute approximate surface area is 110 Å². The van der Waals surface area contributed by atoms with E-state index in [0.29, 0.717) is 11.9 Å². The molecule has 0 saturated carbocycles. The van der Waals surface area contributed by atoms with E-state index in [0.717, 1.165) is 17.2 Å². The van der Waals surface area contributed by atoms with E-state index < -0.39 is 0 Å². The molecular formula is C14H26N4. The van der Waals surface area contributed by atoms with Crippen LogP contribution in [0, 0.1) is 12.3 Å². The Bertz CT molecular complexity index is 419. The minimum Gasteiger partial charge on any atom is -0.383 e. The first-order valence-electron chi connectivity index (χ1n) is 6.53. The summed E-state index contributed by atoms with van der Waals surface area (Å²) in [5.41, 5.74) is 7.05. The van der Waals surface area contributed by atoms with Crippen LogP contribution >= 0.6 is 0 Å². The van der Waals surface area contributed by atoms with Crippen molar-refractivity contribution in [2.24, 2.45) is 5.41 Å². The quantitative estimate of drug-likeness (QED) is 0.863. The monoisotopic (exact) mass is 250 g/mol. The molecule has 1 unspecified atom stereocenters. The highest BCUT2D eigenvalue weighted by molar-refractivity contribution is 5.55. The smallest absolute Gasteiger partial charge is 0.135 e. The van der Waals surface area contributed by atoms with Crippen LogP contribution in [0.1, 0.15) is 58.8 Å². The van der Waals surface area contributed by atoms with Crippen molar-refractivity contribution in [1.29, 1.82) is 0 Å². The predicted molar refractivity (Wildman–Crippen MR) is 77.8 cm³/mol. The van der Waals surface area contributed by atoms with Crippen LogP contribution in [0.2, 0.25) is 0 Å². The minimum absolute atomic E-state index is 0.171. The molecule has 0 bridgehead atoms. The van der Waals surface area contributed by atoms with Gasteiger partial charge in [0.1, 0.15) is 17.5 Å². The summed E-state index contributed by atoms with van der Waals surface area (Å²) in [7, 11) is 0. The van der Waals surface area contributed by atoms with Crippen molar-refractivity contribution < 1.29 is 0 Å². The topological polar surface area (TPSA) is 63.8 Å². The van der Waals surface area contributed by atoms with Crippen LogP contribution in [0.3, 0.4) is 0 Å². The number of nitrogen functional groups attached to an aromatic ring is 1.